The molecule has 4 rings (SSSR count). The van der Waals surface area contributed by atoms with Gasteiger partial charge in [-0.3, -0.25) is 0 Å². The Hall–Kier alpha value is -3.05. The molecule has 0 atom stereocenters. The molecule has 0 fully saturated rings. The fourth-order valence-corrected chi connectivity index (χ4v) is 4.29. The monoisotopic (exact) mass is 428 g/mol. The molecular formula is C26H28N4S. The Balaban J connectivity index is 1.43. The molecule has 2 heterocycles. The van der Waals surface area contributed by atoms with Gasteiger partial charge in [0, 0.05) is 35.2 Å². The third-order valence-electron chi connectivity index (χ3n) is 5.40. The van der Waals surface area contributed by atoms with E-state index in [9.17, 15) is 0 Å². The number of thiazole rings is 1. The summed E-state index contributed by atoms with van der Waals surface area (Å²) in [5.41, 5.74) is 8.28. The van der Waals surface area contributed by atoms with Crippen LogP contribution in [0.5, 0.6) is 0 Å². The fraction of sp³-hybridized carbons (Fsp3) is 0.269. The highest BCUT2D eigenvalue weighted by Gasteiger charge is 2.11. The number of aryl methyl sites for hydroxylation is 4. The second kappa shape index (κ2) is 9.40. The first kappa shape index (κ1) is 21.2. The van der Waals surface area contributed by atoms with Crippen LogP contribution < -0.4 is 5.32 Å². The van der Waals surface area contributed by atoms with Crippen LogP contribution in [-0.4, -0.2) is 21.5 Å². The maximum Gasteiger partial charge on any atom is 0.133 e. The van der Waals surface area contributed by atoms with Gasteiger partial charge in [-0.25, -0.2) is 15.0 Å². The fourth-order valence-electron chi connectivity index (χ4n) is 3.67. The highest BCUT2D eigenvalue weighted by Crippen LogP contribution is 2.23. The number of nitrogens with zero attached hydrogens (tertiary/aromatic N) is 3. The summed E-state index contributed by atoms with van der Waals surface area (Å²) in [5.74, 6) is 1.75. The summed E-state index contributed by atoms with van der Waals surface area (Å²) in [7, 11) is 0. The van der Waals surface area contributed by atoms with Crippen molar-refractivity contribution < 1.29 is 0 Å². The van der Waals surface area contributed by atoms with E-state index in [0.717, 1.165) is 47.4 Å². The maximum atomic E-state index is 4.71. The van der Waals surface area contributed by atoms with Crippen LogP contribution in [0.3, 0.4) is 0 Å². The number of anilines is 1. The molecule has 2 aromatic heterocycles. The van der Waals surface area contributed by atoms with Gasteiger partial charge in [0.25, 0.3) is 0 Å². The molecule has 0 aliphatic rings. The molecular weight excluding hydrogens is 400 g/mol. The van der Waals surface area contributed by atoms with Crippen LogP contribution in [0, 0.1) is 27.7 Å². The van der Waals surface area contributed by atoms with Gasteiger partial charge in [-0.2, -0.15) is 0 Å². The van der Waals surface area contributed by atoms with Gasteiger partial charge in [0.15, 0.2) is 0 Å². The molecule has 0 bridgehead atoms. The smallest absolute Gasteiger partial charge is 0.133 e. The van der Waals surface area contributed by atoms with Crippen LogP contribution in [0.25, 0.3) is 11.3 Å². The third-order valence-corrected chi connectivity index (χ3v) is 6.18. The Morgan fingerprint density at radius 3 is 2.19 bits per heavy atom. The molecule has 4 aromatic rings. The van der Waals surface area contributed by atoms with Crippen LogP contribution in [-0.2, 0) is 12.8 Å². The van der Waals surface area contributed by atoms with Crippen molar-refractivity contribution in [2.45, 2.75) is 40.5 Å². The zero-order valence-electron chi connectivity index (χ0n) is 18.6. The van der Waals surface area contributed by atoms with Gasteiger partial charge < -0.3 is 5.32 Å². The minimum atomic E-state index is 0.801. The molecule has 2 aromatic carbocycles. The van der Waals surface area contributed by atoms with E-state index in [1.807, 2.05) is 13.8 Å². The zero-order chi connectivity index (χ0) is 21.8. The maximum absolute atomic E-state index is 4.71. The van der Waals surface area contributed by atoms with Crippen molar-refractivity contribution in [3.63, 3.8) is 0 Å². The average Bonchev–Trinajstić information content (AvgIpc) is 3.18. The summed E-state index contributed by atoms with van der Waals surface area (Å²) >= 11 is 1.69. The second-order valence-electron chi connectivity index (χ2n) is 7.97. The highest BCUT2D eigenvalue weighted by atomic mass is 32.1. The van der Waals surface area contributed by atoms with Gasteiger partial charge in [0.1, 0.15) is 11.6 Å². The van der Waals surface area contributed by atoms with Gasteiger partial charge >= 0.3 is 0 Å². The van der Waals surface area contributed by atoms with Gasteiger partial charge in [-0.1, -0.05) is 54.1 Å². The van der Waals surface area contributed by atoms with E-state index in [2.05, 4.69) is 83.0 Å². The molecule has 0 aliphatic carbocycles. The topological polar surface area (TPSA) is 50.7 Å². The largest absolute Gasteiger partial charge is 0.369 e. The van der Waals surface area contributed by atoms with Crippen LogP contribution in [0.2, 0.25) is 0 Å². The number of nitrogens with one attached hydrogen (secondary N) is 1. The molecule has 0 saturated carbocycles. The number of aromatic nitrogens is 3. The molecule has 31 heavy (non-hydrogen) atoms. The van der Waals surface area contributed by atoms with E-state index >= 15 is 0 Å². The second-order valence-corrected chi connectivity index (χ2v) is 9.03. The molecule has 0 radical (unpaired) electrons. The van der Waals surface area contributed by atoms with E-state index < -0.39 is 0 Å². The summed E-state index contributed by atoms with van der Waals surface area (Å²) in [6, 6.07) is 17.4. The van der Waals surface area contributed by atoms with E-state index in [0.29, 0.717) is 0 Å². The normalized spacial score (nSPS) is 11.0. The summed E-state index contributed by atoms with van der Waals surface area (Å²) in [5, 5.41) is 6.77. The van der Waals surface area contributed by atoms with Gasteiger partial charge in [0.05, 0.1) is 10.7 Å². The predicted octanol–water partition coefficient (Wildman–Crippen LogP) is 6.08. The number of rotatable bonds is 7. The summed E-state index contributed by atoms with van der Waals surface area (Å²) < 4.78 is 0. The number of hydrogen-bond acceptors (Lipinski definition) is 5. The Morgan fingerprint density at radius 2 is 1.52 bits per heavy atom. The number of hydrogen-bond donors (Lipinski definition) is 1. The van der Waals surface area contributed by atoms with Gasteiger partial charge in [-0.15, -0.1) is 11.3 Å². The summed E-state index contributed by atoms with van der Waals surface area (Å²) in [6.07, 6.45) is 1.76. The standard InChI is InChI=1S/C26H28N4S/c1-17-5-7-22(8-6-17)15-24-18(2)28-19(3)29-26(24)27-14-13-21-9-11-23(12-10-21)25-16-31-20(4)30-25/h5-12,16H,13-15H2,1-4H3,(H,27,28,29). The zero-order valence-corrected chi connectivity index (χ0v) is 19.4. The minimum absolute atomic E-state index is 0.801. The van der Waals surface area contributed by atoms with Crippen LogP contribution in [0.4, 0.5) is 5.82 Å². The Morgan fingerprint density at radius 1 is 0.806 bits per heavy atom. The summed E-state index contributed by atoms with van der Waals surface area (Å²) in [4.78, 5) is 13.9. The van der Waals surface area contributed by atoms with E-state index in [1.165, 1.54) is 27.8 Å². The lowest BCUT2D eigenvalue weighted by molar-refractivity contribution is 0.932. The first-order valence-electron chi connectivity index (χ1n) is 10.6. The lowest BCUT2D eigenvalue weighted by atomic mass is 10.0. The Bertz CT molecular complexity index is 1160. The van der Waals surface area contributed by atoms with Gasteiger partial charge in [0.2, 0.25) is 0 Å². The molecule has 0 saturated heterocycles. The van der Waals surface area contributed by atoms with E-state index in [-0.39, 0.29) is 0 Å². The highest BCUT2D eigenvalue weighted by molar-refractivity contribution is 7.09. The average molecular weight is 429 g/mol. The van der Waals surface area contributed by atoms with E-state index in [4.69, 9.17) is 4.98 Å². The molecule has 0 aliphatic heterocycles. The van der Waals surface area contributed by atoms with Crippen molar-refractivity contribution in [3.05, 3.63) is 92.7 Å². The quantitative estimate of drug-likeness (QED) is 0.388. The third kappa shape index (κ3) is 5.36. The SMILES string of the molecule is Cc1ccc(Cc2c(C)nc(C)nc2NCCc2ccc(-c3csc(C)n3)cc2)cc1. The molecule has 158 valence electrons. The molecule has 0 amide bonds. The molecule has 1 N–H and O–H groups in total. The van der Waals surface area contributed by atoms with Crippen LogP contribution in [0.1, 0.15) is 38.8 Å². The van der Waals surface area contributed by atoms with Crippen molar-refractivity contribution in [2.24, 2.45) is 0 Å². The molecule has 5 heteroatoms. The lowest BCUT2D eigenvalue weighted by Gasteiger charge is -2.14. The van der Waals surface area contributed by atoms with Crippen molar-refractivity contribution in [1.82, 2.24) is 15.0 Å². The number of benzene rings is 2. The molecule has 0 unspecified atom stereocenters. The van der Waals surface area contributed by atoms with Gasteiger partial charge in [-0.05, 0) is 45.2 Å². The summed E-state index contributed by atoms with van der Waals surface area (Å²) in [6.45, 7) is 9.00. The first-order chi connectivity index (χ1) is 15.0. The molecule has 4 nitrogen and oxygen atoms in total. The minimum Gasteiger partial charge on any atom is -0.369 e. The molecule has 0 spiro atoms. The first-order valence-corrected chi connectivity index (χ1v) is 11.5. The Kier molecular flexibility index (Phi) is 6.42. The van der Waals surface area contributed by atoms with Crippen LogP contribution >= 0.6 is 11.3 Å². The lowest BCUT2D eigenvalue weighted by Crippen LogP contribution is -2.12. The predicted molar refractivity (Wildman–Crippen MR) is 130 cm³/mol. The van der Waals surface area contributed by atoms with Crippen molar-refractivity contribution in [3.8, 4) is 11.3 Å². The van der Waals surface area contributed by atoms with Crippen LogP contribution in [0.15, 0.2) is 53.9 Å². The van der Waals surface area contributed by atoms with Crippen molar-refractivity contribution in [2.75, 3.05) is 11.9 Å². The Labute approximate surface area is 188 Å². The van der Waals surface area contributed by atoms with E-state index in [1.54, 1.807) is 11.3 Å². The van der Waals surface area contributed by atoms with Crippen molar-refractivity contribution >= 4 is 17.2 Å². The van der Waals surface area contributed by atoms with Crippen molar-refractivity contribution in [1.29, 1.82) is 0 Å².